The molecule has 0 unspecified atom stereocenters. The lowest BCUT2D eigenvalue weighted by Gasteiger charge is -2.12. The van der Waals surface area contributed by atoms with Crippen LogP contribution in [0.25, 0.3) is 0 Å². The van der Waals surface area contributed by atoms with Crippen LogP contribution in [0.4, 0.5) is 0 Å². The molecule has 3 N–H and O–H groups in total. The molecule has 11 heteroatoms. The number of ether oxygens (including phenoxy) is 4. The normalized spacial score (nSPS) is 11.8. The van der Waals surface area contributed by atoms with Crippen molar-refractivity contribution in [3.8, 4) is 23.0 Å². The van der Waals surface area contributed by atoms with Crippen LogP contribution in [0.2, 0.25) is 0 Å². The molecule has 0 aromatic heterocycles. The van der Waals surface area contributed by atoms with Crippen LogP contribution in [0.15, 0.2) is 35.4 Å². The summed E-state index contributed by atoms with van der Waals surface area (Å²) >= 11 is 0. The zero-order chi connectivity index (χ0) is 22.4. The van der Waals surface area contributed by atoms with Gasteiger partial charge in [0.2, 0.25) is 6.79 Å². The monoisotopic (exact) mass is 429 g/mol. The van der Waals surface area contributed by atoms with Crippen molar-refractivity contribution in [2.24, 2.45) is 5.10 Å². The zero-order valence-electron chi connectivity index (χ0n) is 16.6. The van der Waals surface area contributed by atoms with Crippen LogP contribution in [0, 0.1) is 0 Å². The SMILES string of the molecule is COc1ccc(C=NNC(=O)CNC(=O)c2ccc3c(c2)OCO3)c(C(=O)O)c1OC. The maximum Gasteiger partial charge on any atom is 0.340 e. The summed E-state index contributed by atoms with van der Waals surface area (Å²) in [6, 6.07) is 7.63. The average molecular weight is 429 g/mol. The van der Waals surface area contributed by atoms with E-state index in [0.717, 1.165) is 6.21 Å². The number of carbonyl (C=O) groups is 3. The molecule has 31 heavy (non-hydrogen) atoms. The average Bonchev–Trinajstić information content (AvgIpc) is 3.24. The van der Waals surface area contributed by atoms with E-state index in [1.165, 1.54) is 32.4 Å². The number of benzene rings is 2. The number of hydrazone groups is 1. The molecule has 0 saturated heterocycles. The fourth-order valence-electron chi connectivity index (χ4n) is 2.78. The number of nitrogens with zero attached hydrogens (tertiary/aromatic N) is 1. The van der Waals surface area contributed by atoms with E-state index in [1.807, 2.05) is 0 Å². The topological polar surface area (TPSA) is 145 Å². The first-order valence-electron chi connectivity index (χ1n) is 8.92. The molecule has 3 rings (SSSR count). The molecule has 1 heterocycles. The maximum absolute atomic E-state index is 12.2. The molecule has 0 spiro atoms. The van der Waals surface area contributed by atoms with E-state index >= 15 is 0 Å². The largest absolute Gasteiger partial charge is 0.493 e. The molecule has 0 saturated carbocycles. The molecule has 0 radical (unpaired) electrons. The van der Waals surface area contributed by atoms with Gasteiger partial charge in [0.15, 0.2) is 23.0 Å². The number of carboxylic acids is 1. The molecular formula is C20H19N3O8. The lowest BCUT2D eigenvalue weighted by molar-refractivity contribution is -0.120. The summed E-state index contributed by atoms with van der Waals surface area (Å²) in [5.41, 5.74) is 2.54. The van der Waals surface area contributed by atoms with E-state index in [0.29, 0.717) is 17.1 Å². The Morgan fingerprint density at radius 3 is 2.61 bits per heavy atom. The number of hydrogen-bond donors (Lipinski definition) is 3. The highest BCUT2D eigenvalue weighted by molar-refractivity contribution is 6.02. The fourth-order valence-corrected chi connectivity index (χ4v) is 2.78. The van der Waals surface area contributed by atoms with Gasteiger partial charge in [0.05, 0.1) is 27.0 Å². The predicted molar refractivity (Wildman–Crippen MR) is 107 cm³/mol. The van der Waals surface area contributed by atoms with Crippen LogP contribution in [0.1, 0.15) is 26.3 Å². The van der Waals surface area contributed by atoms with E-state index < -0.39 is 17.8 Å². The summed E-state index contributed by atoms with van der Waals surface area (Å²) in [6.07, 6.45) is 1.16. The Morgan fingerprint density at radius 2 is 1.90 bits per heavy atom. The Morgan fingerprint density at radius 1 is 1.13 bits per heavy atom. The highest BCUT2D eigenvalue weighted by Crippen LogP contribution is 2.33. The first kappa shape index (κ1) is 21.4. The van der Waals surface area contributed by atoms with E-state index in [2.05, 4.69) is 15.8 Å². The number of nitrogens with one attached hydrogen (secondary N) is 2. The van der Waals surface area contributed by atoms with Crippen LogP contribution in [0.5, 0.6) is 23.0 Å². The van der Waals surface area contributed by atoms with Crippen molar-refractivity contribution in [1.82, 2.24) is 10.7 Å². The smallest absolute Gasteiger partial charge is 0.340 e. The second-order valence-corrected chi connectivity index (χ2v) is 6.11. The number of fused-ring (bicyclic) bond motifs is 1. The van der Waals surface area contributed by atoms with Crippen LogP contribution in [-0.4, -0.2) is 56.7 Å². The Hall–Kier alpha value is -4.28. The molecular weight excluding hydrogens is 410 g/mol. The third-order valence-electron chi connectivity index (χ3n) is 4.23. The van der Waals surface area contributed by atoms with Gasteiger partial charge < -0.3 is 29.4 Å². The van der Waals surface area contributed by atoms with Crippen molar-refractivity contribution in [2.75, 3.05) is 27.6 Å². The van der Waals surface area contributed by atoms with Gasteiger partial charge in [0, 0.05) is 11.1 Å². The molecule has 2 amide bonds. The molecule has 0 bridgehead atoms. The first-order chi connectivity index (χ1) is 14.9. The molecule has 2 aromatic rings. The Bertz CT molecular complexity index is 1050. The maximum atomic E-state index is 12.2. The van der Waals surface area contributed by atoms with Crippen molar-refractivity contribution in [1.29, 1.82) is 0 Å². The first-order valence-corrected chi connectivity index (χ1v) is 8.92. The van der Waals surface area contributed by atoms with Crippen molar-refractivity contribution in [2.45, 2.75) is 0 Å². The van der Waals surface area contributed by atoms with Crippen molar-refractivity contribution >= 4 is 24.0 Å². The second-order valence-electron chi connectivity index (χ2n) is 6.11. The van der Waals surface area contributed by atoms with Crippen LogP contribution in [-0.2, 0) is 4.79 Å². The minimum Gasteiger partial charge on any atom is -0.493 e. The third kappa shape index (κ3) is 4.83. The molecule has 0 atom stereocenters. The zero-order valence-corrected chi connectivity index (χ0v) is 16.6. The Kier molecular flexibility index (Phi) is 6.55. The van der Waals surface area contributed by atoms with E-state index in [-0.39, 0.29) is 36.0 Å². The highest BCUT2D eigenvalue weighted by Gasteiger charge is 2.20. The third-order valence-corrected chi connectivity index (χ3v) is 4.23. The van der Waals surface area contributed by atoms with Gasteiger partial charge in [0.25, 0.3) is 11.8 Å². The van der Waals surface area contributed by atoms with Gasteiger partial charge >= 0.3 is 5.97 Å². The number of methoxy groups -OCH3 is 2. The number of aromatic carboxylic acids is 1. The number of carbonyl (C=O) groups excluding carboxylic acids is 2. The van der Waals surface area contributed by atoms with E-state index in [9.17, 15) is 19.5 Å². The van der Waals surface area contributed by atoms with Crippen molar-refractivity contribution in [3.63, 3.8) is 0 Å². The summed E-state index contributed by atoms with van der Waals surface area (Å²) in [6.45, 7) is -0.257. The van der Waals surface area contributed by atoms with Crippen LogP contribution >= 0.6 is 0 Å². The lowest BCUT2D eigenvalue weighted by Crippen LogP contribution is -2.34. The Balaban J connectivity index is 1.59. The Labute approximate surface area is 176 Å². The van der Waals surface area contributed by atoms with Crippen LogP contribution < -0.4 is 29.7 Å². The summed E-state index contributed by atoms with van der Waals surface area (Å²) in [5, 5.41) is 15.7. The fraction of sp³-hybridized carbons (Fsp3) is 0.200. The van der Waals surface area contributed by atoms with Gasteiger partial charge in [-0.05, 0) is 30.3 Å². The quantitative estimate of drug-likeness (QED) is 0.416. The molecule has 0 fully saturated rings. The van der Waals surface area contributed by atoms with Crippen molar-refractivity contribution < 1.29 is 38.4 Å². The standard InChI is InChI=1S/C20H19N3O8/c1-28-14-6-4-12(17(20(26)27)18(14)29-2)8-22-23-16(24)9-21-19(25)11-3-5-13-15(7-11)31-10-30-13/h3-8H,9-10H2,1-2H3,(H,21,25)(H,23,24)(H,26,27). The summed E-state index contributed by atoms with van der Waals surface area (Å²) < 4.78 is 20.6. The van der Waals surface area contributed by atoms with Gasteiger partial charge in [-0.2, -0.15) is 5.10 Å². The minimum absolute atomic E-state index is 0.0289. The van der Waals surface area contributed by atoms with Gasteiger partial charge in [-0.3, -0.25) is 9.59 Å². The molecule has 2 aromatic carbocycles. The van der Waals surface area contributed by atoms with Gasteiger partial charge in [-0.25, -0.2) is 10.2 Å². The summed E-state index contributed by atoms with van der Waals surface area (Å²) in [4.78, 5) is 35.7. The molecule has 1 aliphatic heterocycles. The molecule has 0 aliphatic carbocycles. The van der Waals surface area contributed by atoms with E-state index in [4.69, 9.17) is 18.9 Å². The van der Waals surface area contributed by atoms with Gasteiger partial charge in [0.1, 0.15) is 5.56 Å². The summed E-state index contributed by atoms with van der Waals surface area (Å²) in [7, 11) is 2.70. The van der Waals surface area contributed by atoms with Gasteiger partial charge in [-0.1, -0.05) is 0 Å². The number of rotatable bonds is 8. The predicted octanol–water partition coefficient (Wildman–Crippen LogP) is 1.01. The van der Waals surface area contributed by atoms with Crippen LogP contribution in [0.3, 0.4) is 0 Å². The second kappa shape index (κ2) is 9.48. The highest BCUT2D eigenvalue weighted by atomic mass is 16.7. The minimum atomic E-state index is -1.25. The summed E-state index contributed by atoms with van der Waals surface area (Å²) in [5.74, 6) is -1.08. The lowest BCUT2D eigenvalue weighted by atomic mass is 10.1. The number of carboxylic acid groups (broad SMARTS) is 1. The molecule has 11 nitrogen and oxygen atoms in total. The van der Waals surface area contributed by atoms with Crippen molar-refractivity contribution in [3.05, 3.63) is 47.0 Å². The molecule has 1 aliphatic rings. The van der Waals surface area contributed by atoms with E-state index in [1.54, 1.807) is 12.1 Å². The van der Waals surface area contributed by atoms with Gasteiger partial charge in [-0.15, -0.1) is 0 Å². The number of hydrogen-bond acceptors (Lipinski definition) is 8. The number of amides is 2. The molecule has 162 valence electrons.